The molecule has 2 aliphatic rings. The molecule has 28 heavy (non-hydrogen) atoms. The summed E-state index contributed by atoms with van der Waals surface area (Å²) in [6, 6.07) is 7.48. The van der Waals surface area contributed by atoms with E-state index >= 15 is 0 Å². The van der Waals surface area contributed by atoms with Gasteiger partial charge in [0.25, 0.3) is 0 Å². The zero-order chi connectivity index (χ0) is 19.9. The lowest BCUT2D eigenvalue weighted by Crippen LogP contribution is -2.32. The molecule has 0 spiro atoms. The van der Waals surface area contributed by atoms with Gasteiger partial charge < -0.3 is 19.1 Å². The van der Waals surface area contributed by atoms with Crippen LogP contribution in [0.25, 0.3) is 5.57 Å². The quantitative estimate of drug-likeness (QED) is 0.554. The number of rotatable bonds is 6. The van der Waals surface area contributed by atoms with E-state index in [0.29, 0.717) is 18.9 Å². The van der Waals surface area contributed by atoms with Crippen LogP contribution in [0.2, 0.25) is 0 Å². The maximum atomic E-state index is 12.2. The number of hydrogen-bond donors (Lipinski definition) is 0. The summed E-state index contributed by atoms with van der Waals surface area (Å²) >= 11 is 0. The average Bonchev–Trinajstić information content (AvgIpc) is 2.73. The molecule has 2 unspecified atom stereocenters. The Hall–Kier alpha value is -2.18. The Balaban J connectivity index is 1.48. The van der Waals surface area contributed by atoms with Crippen molar-refractivity contribution in [1.29, 1.82) is 0 Å². The predicted octanol–water partition coefficient (Wildman–Crippen LogP) is 3.20. The Morgan fingerprint density at radius 2 is 2.04 bits per heavy atom. The zero-order valence-corrected chi connectivity index (χ0v) is 16.7. The molecule has 6 nitrogen and oxygen atoms in total. The third-order valence-corrected chi connectivity index (χ3v) is 5.24. The van der Waals surface area contributed by atoms with E-state index in [-0.39, 0.29) is 12.0 Å². The van der Waals surface area contributed by atoms with Crippen molar-refractivity contribution in [2.75, 3.05) is 26.3 Å². The van der Waals surface area contributed by atoms with Crippen molar-refractivity contribution in [3.05, 3.63) is 35.9 Å². The van der Waals surface area contributed by atoms with Crippen molar-refractivity contribution >= 4 is 17.4 Å². The van der Waals surface area contributed by atoms with Crippen LogP contribution in [0.3, 0.4) is 0 Å². The second-order valence-electron chi connectivity index (χ2n) is 7.35. The number of nitrogens with zero attached hydrogens (tertiary/aromatic N) is 1. The first-order valence-electron chi connectivity index (χ1n) is 10.0. The summed E-state index contributed by atoms with van der Waals surface area (Å²) in [5, 5.41) is 0. The topological polar surface area (TPSA) is 65.1 Å². The molecule has 1 fully saturated rings. The number of carbonyl (C=O) groups excluding carboxylic acids is 2. The SMILES string of the molecule is CC(=O)N1CC=C(c2ccc(OC(=O)C(C)OCC3CCCCO3)cc2)CC1. The minimum absolute atomic E-state index is 0.0750. The molecule has 0 aliphatic carbocycles. The molecule has 2 aliphatic heterocycles. The fourth-order valence-corrected chi connectivity index (χ4v) is 3.41. The standard InChI is InChI=1S/C22H29NO5/c1-16(27-15-21-5-3-4-14-26-21)22(25)28-20-8-6-18(7-9-20)19-10-12-23(13-11-19)17(2)24/h6-10,16,21H,3-5,11-15H2,1-2H3. The summed E-state index contributed by atoms with van der Waals surface area (Å²) in [6.07, 6.45) is 5.55. The van der Waals surface area contributed by atoms with Crippen LogP contribution in [-0.4, -0.2) is 55.3 Å². The normalized spacial score (nSPS) is 21.0. The molecule has 0 aromatic heterocycles. The smallest absolute Gasteiger partial charge is 0.340 e. The van der Waals surface area contributed by atoms with Gasteiger partial charge in [-0.2, -0.15) is 0 Å². The Bertz CT molecular complexity index is 706. The van der Waals surface area contributed by atoms with Gasteiger partial charge in [-0.25, -0.2) is 4.79 Å². The summed E-state index contributed by atoms with van der Waals surface area (Å²) in [5.41, 5.74) is 2.29. The first kappa shape index (κ1) is 20.6. The molecular formula is C22H29NO5. The van der Waals surface area contributed by atoms with Gasteiger partial charge in [-0.1, -0.05) is 18.2 Å². The Labute approximate surface area is 166 Å². The minimum atomic E-state index is -0.635. The minimum Gasteiger partial charge on any atom is -0.425 e. The molecule has 0 saturated carbocycles. The second kappa shape index (κ2) is 9.85. The van der Waals surface area contributed by atoms with Crippen LogP contribution >= 0.6 is 0 Å². The number of carbonyl (C=O) groups is 2. The first-order valence-corrected chi connectivity index (χ1v) is 10.0. The fourth-order valence-electron chi connectivity index (χ4n) is 3.41. The van der Waals surface area contributed by atoms with Crippen molar-refractivity contribution < 1.29 is 23.8 Å². The fraction of sp³-hybridized carbons (Fsp3) is 0.545. The summed E-state index contributed by atoms with van der Waals surface area (Å²) in [5.74, 6) is 0.196. The Morgan fingerprint density at radius 1 is 1.25 bits per heavy atom. The predicted molar refractivity (Wildman–Crippen MR) is 106 cm³/mol. The monoisotopic (exact) mass is 387 g/mol. The largest absolute Gasteiger partial charge is 0.425 e. The number of amides is 1. The van der Waals surface area contributed by atoms with E-state index in [4.69, 9.17) is 14.2 Å². The van der Waals surface area contributed by atoms with Crippen molar-refractivity contribution in [2.24, 2.45) is 0 Å². The summed E-state index contributed by atoms with van der Waals surface area (Å²) in [7, 11) is 0. The zero-order valence-electron chi connectivity index (χ0n) is 16.7. The number of hydrogen-bond acceptors (Lipinski definition) is 5. The van der Waals surface area contributed by atoms with Crippen LogP contribution in [0.4, 0.5) is 0 Å². The van der Waals surface area contributed by atoms with Crippen LogP contribution in [0.1, 0.15) is 45.1 Å². The van der Waals surface area contributed by atoms with Crippen LogP contribution in [0, 0.1) is 0 Å². The van der Waals surface area contributed by atoms with Gasteiger partial charge in [-0.15, -0.1) is 0 Å². The van der Waals surface area contributed by atoms with E-state index in [1.807, 2.05) is 17.0 Å². The molecule has 1 saturated heterocycles. The molecule has 1 aromatic carbocycles. The molecule has 152 valence electrons. The van der Waals surface area contributed by atoms with Crippen LogP contribution in [0.5, 0.6) is 5.75 Å². The van der Waals surface area contributed by atoms with E-state index in [1.165, 1.54) is 5.57 Å². The summed E-state index contributed by atoms with van der Waals surface area (Å²) in [6.45, 7) is 5.85. The van der Waals surface area contributed by atoms with Gasteiger partial charge in [0.05, 0.1) is 12.7 Å². The van der Waals surface area contributed by atoms with E-state index in [1.54, 1.807) is 26.0 Å². The first-order chi connectivity index (χ1) is 13.5. The van der Waals surface area contributed by atoms with Gasteiger partial charge in [0.2, 0.25) is 5.91 Å². The highest BCUT2D eigenvalue weighted by atomic mass is 16.6. The van der Waals surface area contributed by atoms with Crippen molar-refractivity contribution in [1.82, 2.24) is 4.90 Å². The Kier molecular flexibility index (Phi) is 7.23. The third-order valence-electron chi connectivity index (χ3n) is 5.24. The van der Waals surface area contributed by atoms with Gasteiger partial charge >= 0.3 is 5.97 Å². The van der Waals surface area contributed by atoms with E-state index in [9.17, 15) is 9.59 Å². The molecule has 2 atom stereocenters. The number of esters is 1. The highest BCUT2D eigenvalue weighted by Crippen LogP contribution is 2.24. The molecule has 6 heteroatoms. The molecule has 0 radical (unpaired) electrons. The van der Waals surface area contributed by atoms with Gasteiger partial charge in [0, 0.05) is 26.6 Å². The molecule has 3 rings (SSSR count). The lowest BCUT2D eigenvalue weighted by atomic mass is 9.99. The van der Waals surface area contributed by atoms with Crippen LogP contribution in [-0.2, 0) is 19.1 Å². The van der Waals surface area contributed by atoms with Crippen LogP contribution in [0.15, 0.2) is 30.3 Å². The van der Waals surface area contributed by atoms with E-state index in [0.717, 1.165) is 44.4 Å². The van der Waals surface area contributed by atoms with Crippen molar-refractivity contribution in [3.8, 4) is 5.75 Å². The highest BCUT2D eigenvalue weighted by Gasteiger charge is 2.20. The van der Waals surface area contributed by atoms with Crippen LogP contribution < -0.4 is 4.74 Å². The third kappa shape index (κ3) is 5.66. The highest BCUT2D eigenvalue weighted by molar-refractivity contribution is 5.77. The molecule has 1 aromatic rings. The summed E-state index contributed by atoms with van der Waals surface area (Å²) in [4.78, 5) is 25.5. The summed E-state index contributed by atoms with van der Waals surface area (Å²) < 4.78 is 16.7. The maximum Gasteiger partial charge on any atom is 0.340 e. The average molecular weight is 387 g/mol. The molecule has 2 heterocycles. The van der Waals surface area contributed by atoms with E-state index < -0.39 is 12.1 Å². The molecular weight excluding hydrogens is 358 g/mol. The molecule has 1 amide bonds. The van der Waals surface area contributed by atoms with Gasteiger partial charge in [-0.3, -0.25) is 4.79 Å². The van der Waals surface area contributed by atoms with Crippen molar-refractivity contribution in [3.63, 3.8) is 0 Å². The molecule has 0 bridgehead atoms. The number of benzene rings is 1. The van der Waals surface area contributed by atoms with Gasteiger partial charge in [0.15, 0.2) is 6.10 Å². The van der Waals surface area contributed by atoms with Crippen molar-refractivity contribution in [2.45, 2.75) is 51.7 Å². The lowest BCUT2D eigenvalue weighted by Gasteiger charge is -2.25. The second-order valence-corrected chi connectivity index (χ2v) is 7.35. The maximum absolute atomic E-state index is 12.2. The lowest BCUT2D eigenvalue weighted by molar-refractivity contribution is -0.149. The van der Waals surface area contributed by atoms with Gasteiger partial charge in [0.1, 0.15) is 5.75 Å². The Morgan fingerprint density at radius 3 is 2.64 bits per heavy atom. The van der Waals surface area contributed by atoms with Gasteiger partial charge in [-0.05, 0) is 55.9 Å². The van der Waals surface area contributed by atoms with E-state index in [2.05, 4.69) is 6.08 Å². The molecule has 0 N–H and O–H groups in total. The number of ether oxygens (including phenoxy) is 3.